The van der Waals surface area contributed by atoms with E-state index in [0.717, 1.165) is 19.6 Å². The van der Waals surface area contributed by atoms with E-state index in [-0.39, 0.29) is 18.4 Å². The van der Waals surface area contributed by atoms with Gasteiger partial charge in [0.05, 0.1) is 7.11 Å². The Hall–Kier alpha value is -2.87. The smallest absolute Gasteiger partial charge is 0.254 e. The van der Waals surface area contributed by atoms with Crippen LogP contribution < -0.4 is 10.1 Å². The Morgan fingerprint density at radius 3 is 2.72 bits per heavy atom. The van der Waals surface area contributed by atoms with Crippen molar-refractivity contribution in [3.63, 3.8) is 0 Å². The summed E-state index contributed by atoms with van der Waals surface area (Å²) in [7, 11) is 1.56. The normalized spacial score (nSPS) is 14.4. The zero-order valence-corrected chi connectivity index (χ0v) is 17.0. The first kappa shape index (κ1) is 20.9. The van der Waals surface area contributed by atoms with E-state index in [1.807, 2.05) is 0 Å². The van der Waals surface area contributed by atoms with E-state index in [1.165, 1.54) is 19.3 Å². The molecule has 0 atom stereocenters. The molecule has 1 aromatic carbocycles. The van der Waals surface area contributed by atoms with Crippen LogP contribution in [0.5, 0.6) is 5.75 Å². The SMILES string of the molecule is COc1cccc(C(=O)N(CCN2CCCCC2)CC(=O)Nc2cc(C)on2)c1. The van der Waals surface area contributed by atoms with Crippen molar-refractivity contribution in [1.82, 2.24) is 15.0 Å². The number of carbonyl (C=O) groups is 2. The van der Waals surface area contributed by atoms with Crippen molar-refractivity contribution < 1.29 is 18.8 Å². The third kappa shape index (κ3) is 6.05. The summed E-state index contributed by atoms with van der Waals surface area (Å²) in [5, 5.41) is 6.46. The van der Waals surface area contributed by atoms with Crippen LogP contribution in [0.1, 0.15) is 35.4 Å². The number of anilines is 1. The second-order valence-corrected chi connectivity index (χ2v) is 7.23. The minimum absolute atomic E-state index is 0.0597. The molecule has 0 aliphatic carbocycles. The van der Waals surface area contributed by atoms with E-state index in [0.29, 0.717) is 29.4 Å². The molecule has 1 N–H and O–H groups in total. The molecule has 8 heteroatoms. The lowest BCUT2D eigenvalue weighted by Crippen LogP contribution is -2.43. The highest BCUT2D eigenvalue weighted by atomic mass is 16.5. The average Bonchev–Trinajstić information content (AvgIpc) is 3.15. The van der Waals surface area contributed by atoms with Crippen LogP contribution in [0.2, 0.25) is 0 Å². The van der Waals surface area contributed by atoms with Gasteiger partial charge in [-0.05, 0) is 51.1 Å². The van der Waals surface area contributed by atoms with Crippen molar-refractivity contribution in [3.05, 3.63) is 41.7 Å². The lowest BCUT2D eigenvalue weighted by molar-refractivity contribution is -0.117. The predicted octanol–water partition coefficient (Wildman–Crippen LogP) is 2.56. The Bertz CT molecular complexity index is 830. The van der Waals surface area contributed by atoms with E-state index in [1.54, 1.807) is 49.3 Å². The van der Waals surface area contributed by atoms with Gasteiger partial charge in [-0.25, -0.2) is 0 Å². The predicted molar refractivity (Wildman–Crippen MR) is 109 cm³/mol. The molecule has 1 aliphatic rings. The van der Waals surface area contributed by atoms with Crippen LogP contribution in [0.25, 0.3) is 0 Å². The number of rotatable bonds is 8. The van der Waals surface area contributed by atoms with E-state index < -0.39 is 0 Å². The molecule has 29 heavy (non-hydrogen) atoms. The number of aromatic nitrogens is 1. The molecule has 0 radical (unpaired) electrons. The number of ether oxygens (including phenoxy) is 1. The van der Waals surface area contributed by atoms with Gasteiger partial charge in [0.15, 0.2) is 5.82 Å². The number of hydrogen-bond donors (Lipinski definition) is 1. The lowest BCUT2D eigenvalue weighted by atomic mass is 10.1. The van der Waals surface area contributed by atoms with E-state index in [9.17, 15) is 9.59 Å². The van der Waals surface area contributed by atoms with Crippen molar-refractivity contribution in [2.24, 2.45) is 0 Å². The van der Waals surface area contributed by atoms with Crippen LogP contribution in [0, 0.1) is 6.92 Å². The number of carbonyl (C=O) groups excluding carboxylic acids is 2. The molecule has 0 saturated carbocycles. The molecule has 0 unspecified atom stereocenters. The van der Waals surface area contributed by atoms with Crippen LogP contribution in [0.3, 0.4) is 0 Å². The molecule has 8 nitrogen and oxygen atoms in total. The number of methoxy groups -OCH3 is 1. The maximum absolute atomic E-state index is 13.1. The fourth-order valence-corrected chi connectivity index (χ4v) is 3.42. The highest BCUT2D eigenvalue weighted by Crippen LogP contribution is 2.15. The standard InChI is InChI=1S/C21H28N4O4/c1-16-13-19(23-29-16)22-20(26)15-25(12-11-24-9-4-3-5-10-24)21(27)17-7-6-8-18(14-17)28-2/h6-8,13-14H,3-5,9-12,15H2,1-2H3,(H,22,23,26). The quantitative estimate of drug-likeness (QED) is 0.733. The number of nitrogens with zero attached hydrogens (tertiary/aromatic N) is 3. The number of piperidine rings is 1. The molecule has 156 valence electrons. The molecule has 1 aromatic heterocycles. The van der Waals surface area contributed by atoms with Crippen molar-refractivity contribution in [3.8, 4) is 5.75 Å². The van der Waals surface area contributed by atoms with Gasteiger partial charge in [0, 0.05) is 24.7 Å². The summed E-state index contributed by atoms with van der Waals surface area (Å²) in [4.78, 5) is 29.5. The molecule has 2 heterocycles. The Labute approximate surface area is 170 Å². The molecule has 3 rings (SSSR count). The van der Waals surface area contributed by atoms with Crippen molar-refractivity contribution in [2.45, 2.75) is 26.2 Å². The maximum atomic E-state index is 13.1. The third-order valence-electron chi connectivity index (χ3n) is 4.97. The van der Waals surface area contributed by atoms with Crippen LogP contribution >= 0.6 is 0 Å². The topological polar surface area (TPSA) is 87.9 Å². The van der Waals surface area contributed by atoms with Gasteiger partial charge in [-0.3, -0.25) is 9.59 Å². The summed E-state index contributed by atoms with van der Waals surface area (Å²) < 4.78 is 10.2. The highest BCUT2D eigenvalue weighted by molar-refractivity contribution is 5.99. The van der Waals surface area contributed by atoms with Gasteiger partial charge < -0.3 is 24.4 Å². The van der Waals surface area contributed by atoms with Crippen LogP contribution in [-0.2, 0) is 4.79 Å². The van der Waals surface area contributed by atoms with E-state index in [4.69, 9.17) is 9.26 Å². The molecule has 0 bridgehead atoms. The summed E-state index contributed by atoms with van der Waals surface area (Å²) >= 11 is 0. The first-order chi connectivity index (χ1) is 14.0. The van der Waals surface area contributed by atoms with E-state index in [2.05, 4.69) is 15.4 Å². The average molecular weight is 400 g/mol. The Balaban J connectivity index is 1.68. The summed E-state index contributed by atoms with van der Waals surface area (Å²) in [6.07, 6.45) is 3.61. The van der Waals surface area contributed by atoms with Gasteiger partial charge in [0.1, 0.15) is 18.1 Å². The Morgan fingerprint density at radius 1 is 1.24 bits per heavy atom. The first-order valence-electron chi connectivity index (χ1n) is 9.94. The fraction of sp³-hybridized carbons (Fsp3) is 0.476. The van der Waals surface area contributed by atoms with Crippen LogP contribution in [0.15, 0.2) is 34.9 Å². The molecule has 0 spiro atoms. The molecule has 2 amide bonds. The van der Waals surface area contributed by atoms with Gasteiger partial charge in [0.25, 0.3) is 5.91 Å². The van der Waals surface area contributed by atoms with Gasteiger partial charge >= 0.3 is 0 Å². The van der Waals surface area contributed by atoms with Crippen LogP contribution in [0.4, 0.5) is 5.82 Å². The Kier molecular flexibility index (Phi) is 7.24. The first-order valence-corrected chi connectivity index (χ1v) is 9.94. The number of likely N-dealkylation sites (tertiary alicyclic amines) is 1. The number of hydrogen-bond acceptors (Lipinski definition) is 6. The third-order valence-corrected chi connectivity index (χ3v) is 4.97. The van der Waals surface area contributed by atoms with Crippen molar-refractivity contribution in [2.75, 3.05) is 45.2 Å². The summed E-state index contributed by atoms with van der Waals surface area (Å²) in [5.41, 5.74) is 0.494. The molecule has 2 aromatic rings. The van der Waals surface area contributed by atoms with Crippen molar-refractivity contribution >= 4 is 17.6 Å². The molecular weight excluding hydrogens is 372 g/mol. The zero-order chi connectivity index (χ0) is 20.6. The number of benzene rings is 1. The molecule has 1 fully saturated rings. The fourth-order valence-electron chi connectivity index (χ4n) is 3.42. The monoisotopic (exact) mass is 400 g/mol. The number of aryl methyl sites for hydroxylation is 1. The second kappa shape index (κ2) is 10.1. The number of nitrogens with one attached hydrogen (secondary N) is 1. The lowest BCUT2D eigenvalue weighted by Gasteiger charge is -2.30. The molecule has 1 saturated heterocycles. The minimum atomic E-state index is -0.312. The zero-order valence-electron chi connectivity index (χ0n) is 17.0. The summed E-state index contributed by atoms with van der Waals surface area (Å²) in [6.45, 7) is 4.97. The maximum Gasteiger partial charge on any atom is 0.254 e. The highest BCUT2D eigenvalue weighted by Gasteiger charge is 2.21. The minimum Gasteiger partial charge on any atom is -0.497 e. The molecule has 1 aliphatic heterocycles. The van der Waals surface area contributed by atoms with Gasteiger partial charge in [-0.15, -0.1) is 0 Å². The van der Waals surface area contributed by atoms with Crippen molar-refractivity contribution in [1.29, 1.82) is 0 Å². The van der Waals surface area contributed by atoms with Gasteiger partial charge in [-0.1, -0.05) is 17.6 Å². The van der Waals surface area contributed by atoms with Gasteiger partial charge in [-0.2, -0.15) is 0 Å². The molecular formula is C21H28N4O4. The number of amides is 2. The Morgan fingerprint density at radius 2 is 2.03 bits per heavy atom. The largest absolute Gasteiger partial charge is 0.497 e. The second-order valence-electron chi connectivity index (χ2n) is 7.23. The van der Waals surface area contributed by atoms with Gasteiger partial charge in [0.2, 0.25) is 5.91 Å². The van der Waals surface area contributed by atoms with Crippen LogP contribution in [-0.4, -0.2) is 66.6 Å². The van der Waals surface area contributed by atoms with E-state index >= 15 is 0 Å². The summed E-state index contributed by atoms with van der Waals surface area (Å²) in [6, 6.07) is 8.62. The summed E-state index contributed by atoms with van der Waals surface area (Å²) in [5.74, 6) is 1.04.